The van der Waals surface area contributed by atoms with Crippen LogP contribution in [0.15, 0.2) is 40.6 Å². The monoisotopic (exact) mass is 390 g/mol. The summed E-state index contributed by atoms with van der Waals surface area (Å²) in [6.45, 7) is 0. The van der Waals surface area contributed by atoms with Gasteiger partial charge in [0, 0.05) is 9.26 Å². The lowest BCUT2D eigenvalue weighted by molar-refractivity contribution is 0.603. The summed E-state index contributed by atoms with van der Waals surface area (Å²) in [5.74, 6) is 0. The minimum Gasteiger partial charge on any atom is -0.279 e. The second kappa shape index (κ2) is 5.26. The van der Waals surface area contributed by atoms with Crippen molar-refractivity contribution in [3.05, 3.63) is 44.8 Å². The van der Waals surface area contributed by atoms with Crippen LogP contribution in [0.25, 0.3) is 0 Å². The van der Waals surface area contributed by atoms with E-state index in [0.717, 1.165) is 14.9 Å². The van der Waals surface area contributed by atoms with Crippen LogP contribution in [0.4, 0.5) is 5.69 Å². The Hall–Kier alpha value is -1.11. The maximum atomic E-state index is 12.0. The normalized spacial score (nSPS) is 10.9. The van der Waals surface area contributed by atoms with E-state index in [2.05, 4.69) is 27.3 Å². The molecule has 0 fully saturated rings. The van der Waals surface area contributed by atoms with E-state index in [1.54, 1.807) is 12.1 Å². The zero-order valence-corrected chi connectivity index (χ0v) is 12.7. The predicted molar refractivity (Wildman–Crippen MR) is 79.0 cm³/mol. The van der Waals surface area contributed by atoms with Crippen molar-refractivity contribution in [3.8, 4) is 6.07 Å². The lowest BCUT2D eigenvalue weighted by atomic mass is 10.3. The van der Waals surface area contributed by atoms with Gasteiger partial charge < -0.3 is 0 Å². The molecule has 2 rings (SSSR count). The molecule has 0 aliphatic rings. The highest BCUT2D eigenvalue weighted by Gasteiger charge is 2.16. The van der Waals surface area contributed by atoms with E-state index in [1.807, 2.05) is 18.2 Å². The number of rotatable bonds is 3. The number of sulfonamides is 1. The number of anilines is 1. The highest BCUT2D eigenvalue weighted by molar-refractivity contribution is 14.1. The summed E-state index contributed by atoms with van der Waals surface area (Å²) in [6, 6.07) is 11.8. The van der Waals surface area contributed by atoms with Crippen LogP contribution < -0.4 is 4.72 Å². The number of hydrogen-bond donors (Lipinski definition) is 1. The molecule has 0 aliphatic heterocycles. The zero-order chi connectivity index (χ0) is 13.2. The summed E-state index contributed by atoms with van der Waals surface area (Å²) in [5, 5.41) is 8.68. The summed E-state index contributed by atoms with van der Waals surface area (Å²) >= 11 is 3.09. The number of nitriles is 1. The van der Waals surface area contributed by atoms with Gasteiger partial charge in [0.25, 0.3) is 10.0 Å². The molecule has 4 nitrogen and oxygen atoms in total. The Morgan fingerprint density at radius 2 is 1.83 bits per heavy atom. The molecular weight excluding hydrogens is 383 g/mol. The van der Waals surface area contributed by atoms with Gasteiger partial charge in [-0.2, -0.15) is 5.26 Å². The Morgan fingerprint density at radius 1 is 1.17 bits per heavy atom. The van der Waals surface area contributed by atoms with E-state index < -0.39 is 10.0 Å². The predicted octanol–water partition coefficient (Wildman–Crippen LogP) is 3.03. The first-order valence-electron chi connectivity index (χ1n) is 4.79. The smallest absolute Gasteiger partial charge is 0.271 e. The number of thiophene rings is 1. The van der Waals surface area contributed by atoms with Crippen LogP contribution in [0.5, 0.6) is 0 Å². The third-order valence-corrected chi connectivity index (χ3v) is 5.64. The number of hydrogen-bond acceptors (Lipinski definition) is 4. The molecule has 0 bridgehead atoms. The van der Waals surface area contributed by atoms with Crippen molar-refractivity contribution in [2.75, 3.05) is 4.72 Å². The van der Waals surface area contributed by atoms with Crippen LogP contribution in [-0.2, 0) is 10.0 Å². The van der Waals surface area contributed by atoms with E-state index in [-0.39, 0.29) is 4.21 Å². The topological polar surface area (TPSA) is 70.0 Å². The fourth-order valence-electron chi connectivity index (χ4n) is 1.25. The Labute approximate surface area is 122 Å². The van der Waals surface area contributed by atoms with E-state index in [9.17, 15) is 8.42 Å². The van der Waals surface area contributed by atoms with Gasteiger partial charge in [-0.25, -0.2) is 8.42 Å². The third kappa shape index (κ3) is 3.01. The number of nitrogens with zero attached hydrogens (tertiary/aromatic N) is 1. The fourth-order valence-corrected chi connectivity index (χ4v) is 3.77. The van der Waals surface area contributed by atoms with Gasteiger partial charge in [-0.3, -0.25) is 4.72 Å². The first-order chi connectivity index (χ1) is 8.51. The molecule has 92 valence electrons. The molecule has 1 aromatic heterocycles. The maximum Gasteiger partial charge on any atom is 0.271 e. The summed E-state index contributed by atoms with van der Waals surface area (Å²) < 4.78 is 27.6. The first-order valence-corrected chi connectivity index (χ1v) is 8.17. The minimum atomic E-state index is -3.60. The molecule has 0 radical (unpaired) electrons. The highest BCUT2D eigenvalue weighted by Crippen LogP contribution is 2.23. The van der Waals surface area contributed by atoms with Crippen LogP contribution in [0.3, 0.4) is 0 Å². The third-order valence-electron chi connectivity index (χ3n) is 2.05. The molecule has 18 heavy (non-hydrogen) atoms. The van der Waals surface area contributed by atoms with Gasteiger partial charge in [0.15, 0.2) is 0 Å². The van der Waals surface area contributed by atoms with Crippen molar-refractivity contribution in [2.45, 2.75) is 4.21 Å². The summed E-state index contributed by atoms with van der Waals surface area (Å²) in [6.07, 6.45) is 0. The molecule has 7 heteroatoms. The van der Waals surface area contributed by atoms with Gasteiger partial charge >= 0.3 is 0 Å². The van der Waals surface area contributed by atoms with Crippen LogP contribution in [0.1, 0.15) is 4.88 Å². The lowest BCUT2D eigenvalue weighted by Crippen LogP contribution is -2.11. The number of nitrogens with one attached hydrogen (secondary N) is 1. The van der Waals surface area contributed by atoms with E-state index in [0.29, 0.717) is 10.6 Å². The average Bonchev–Trinajstić information content (AvgIpc) is 2.81. The van der Waals surface area contributed by atoms with Gasteiger partial charge in [0.2, 0.25) is 0 Å². The Balaban J connectivity index is 2.27. The van der Waals surface area contributed by atoms with Crippen molar-refractivity contribution in [1.29, 1.82) is 5.26 Å². The molecule has 0 unspecified atom stereocenters. The SMILES string of the molecule is N#Cc1ccc(S(=O)(=O)Nc2ccc(I)cc2)s1. The highest BCUT2D eigenvalue weighted by atomic mass is 127. The summed E-state index contributed by atoms with van der Waals surface area (Å²) in [4.78, 5) is 0.373. The molecule has 0 saturated carbocycles. The maximum absolute atomic E-state index is 12.0. The Morgan fingerprint density at radius 3 is 2.39 bits per heavy atom. The molecule has 1 heterocycles. The fraction of sp³-hybridized carbons (Fsp3) is 0. The second-order valence-corrected chi connectivity index (χ2v) is 7.58. The van der Waals surface area contributed by atoms with E-state index >= 15 is 0 Å². The largest absolute Gasteiger partial charge is 0.279 e. The molecule has 0 atom stereocenters. The zero-order valence-electron chi connectivity index (χ0n) is 8.92. The minimum absolute atomic E-state index is 0.137. The van der Waals surface area contributed by atoms with Crippen molar-refractivity contribution in [1.82, 2.24) is 0 Å². The number of halogens is 1. The van der Waals surface area contributed by atoms with Crippen molar-refractivity contribution >= 4 is 49.6 Å². The van der Waals surface area contributed by atoms with Gasteiger partial charge in [0.05, 0.1) is 0 Å². The molecule has 2 aromatic rings. The molecule has 0 amide bonds. The second-order valence-electron chi connectivity index (χ2n) is 3.34. The first kappa shape index (κ1) is 13.3. The Bertz CT molecular complexity index is 699. The van der Waals surface area contributed by atoms with Crippen LogP contribution in [0.2, 0.25) is 0 Å². The Kier molecular flexibility index (Phi) is 3.89. The summed E-state index contributed by atoms with van der Waals surface area (Å²) in [5.41, 5.74) is 0.502. The van der Waals surface area contributed by atoms with E-state index in [4.69, 9.17) is 5.26 Å². The molecule has 1 aromatic carbocycles. The molecular formula is C11H7IN2O2S2. The summed E-state index contributed by atoms with van der Waals surface area (Å²) in [7, 11) is -3.60. The lowest BCUT2D eigenvalue weighted by Gasteiger charge is -2.05. The molecule has 0 saturated heterocycles. The van der Waals surface area contributed by atoms with Crippen LogP contribution >= 0.6 is 33.9 Å². The van der Waals surface area contributed by atoms with Crippen molar-refractivity contribution < 1.29 is 8.42 Å². The van der Waals surface area contributed by atoms with Crippen molar-refractivity contribution in [3.63, 3.8) is 0 Å². The standard InChI is InChI=1S/C11H7IN2O2S2/c12-8-1-3-9(4-2-8)14-18(15,16)11-6-5-10(7-13)17-11/h1-6,14H. The van der Waals surface area contributed by atoms with Crippen LogP contribution in [0, 0.1) is 14.9 Å². The number of benzene rings is 1. The molecule has 0 aliphatic carbocycles. The van der Waals surface area contributed by atoms with Crippen LogP contribution in [-0.4, -0.2) is 8.42 Å². The van der Waals surface area contributed by atoms with Gasteiger partial charge in [-0.15, -0.1) is 11.3 Å². The average molecular weight is 390 g/mol. The molecule has 1 N–H and O–H groups in total. The van der Waals surface area contributed by atoms with Crippen molar-refractivity contribution in [2.24, 2.45) is 0 Å². The van der Waals surface area contributed by atoms with E-state index in [1.165, 1.54) is 12.1 Å². The quantitative estimate of drug-likeness (QED) is 0.820. The van der Waals surface area contributed by atoms with Gasteiger partial charge in [-0.05, 0) is 59.0 Å². The molecule has 0 spiro atoms. The van der Waals surface area contributed by atoms with Gasteiger partial charge in [-0.1, -0.05) is 0 Å². The van der Waals surface area contributed by atoms with Gasteiger partial charge in [0.1, 0.15) is 15.2 Å².